The van der Waals surface area contributed by atoms with E-state index in [2.05, 4.69) is 27.6 Å². The highest BCUT2D eigenvalue weighted by molar-refractivity contribution is 5.18. The van der Waals surface area contributed by atoms with Crippen molar-refractivity contribution in [2.75, 3.05) is 13.7 Å². The Morgan fingerprint density at radius 2 is 2.10 bits per heavy atom. The third-order valence-electron chi connectivity index (χ3n) is 4.14. The van der Waals surface area contributed by atoms with E-state index in [1.807, 2.05) is 18.2 Å². The van der Waals surface area contributed by atoms with Crippen LogP contribution in [0.3, 0.4) is 0 Å². The summed E-state index contributed by atoms with van der Waals surface area (Å²) in [6.07, 6.45) is 4.20. The van der Waals surface area contributed by atoms with Gasteiger partial charge in [-0.25, -0.2) is 0 Å². The number of nitrogens with one attached hydrogen (secondary N) is 1. The van der Waals surface area contributed by atoms with Crippen LogP contribution in [0.1, 0.15) is 36.5 Å². The minimum Gasteiger partial charge on any atom is -0.377 e. The molecule has 1 aliphatic rings. The molecule has 0 amide bonds. The van der Waals surface area contributed by atoms with Crippen molar-refractivity contribution in [2.24, 2.45) is 0 Å². The van der Waals surface area contributed by atoms with Crippen molar-refractivity contribution in [1.29, 1.82) is 0 Å². The quantitative estimate of drug-likeness (QED) is 0.847. The molecule has 0 unspecified atom stereocenters. The summed E-state index contributed by atoms with van der Waals surface area (Å²) in [4.78, 5) is 4.41. The lowest BCUT2D eigenvalue weighted by atomic mass is 9.80. The molecular formula is C16H21N3O2. The molecule has 1 aliphatic carbocycles. The molecule has 1 N–H and O–H groups in total. The maximum absolute atomic E-state index is 5.57. The van der Waals surface area contributed by atoms with Crippen LogP contribution in [0.4, 0.5) is 0 Å². The van der Waals surface area contributed by atoms with Crippen molar-refractivity contribution in [3.63, 3.8) is 0 Å². The van der Waals surface area contributed by atoms with Crippen LogP contribution in [0.5, 0.6) is 0 Å². The molecule has 0 atom stereocenters. The molecule has 1 aromatic heterocycles. The smallest absolute Gasteiger partial charge is 0.240 e. The third kappa shape index (κ3) is 3.49. The van der Waals surface area contributed by atoms with Crippen molar-refractivity contribution in [3.8, 4) is 0 Å². The molecule has 112 valence electrons. The third-order valence-corrected chi connectivity index (χ3v) is 4.14. The van der Waals surface area contributed by atoms with Crippen LogP contribution in [0, 0.1) is 0 Å². The van der Waals surface area contributed by atoms with Gasteiger partial charge in [-0.15, -0.1) is 0 Å². The number of hydrogen-bond acceptors (Lipinski definition) is 5. The highest BCUT2D eigenvalue weighted by Gasteiger charge is 2.36. The second-order valence-corrected chi connectivity index (χ2v) is 5.61. The molecule has 21 heavy (non-hydrogen) atoms. The number of aromatic nitrogens is 2. The normalized spacial score (nSPS) is 16.6. The summed E-state index contributed by atoms with van der Waals surface area (Å²) < 4.78 is 10.8. The van der Waals surface area contributed by atoms with Gasteiger partial charge >= 0.3 is 0 Å². The van der Waals surface area contributed by atoms with Crippen LogP contribution in [0.2, 0.25) is 0 Å². The van der Waals surface area contributed by atoms with Crippen LogP contribution in [-0.4, -0.2) is 29.4 Å². The monoisotopic (exact) mass is 287 g/mol. The number of methoxy groups -OCH3 is 1. The Balaban J connectivity index is 1.49. The first kappa shape index (κ1) is 14.2. The summed E-state index contributed by atoms with van der Waals surface area (Å²) in [5, 5.41) is 7.37. The number of benzene rings is 1. The summed E-state index contributed by atoms with van der Waals surface area (Å²) in [6.45, 7) is 1.42. The molecule has 0 aliphatic heterocycles. The van der Waals surface area contributed by atoms with Gasteiger partial charge in [0.25, 0.3) is 0 Å². The molecule has 5 heteroatoms. The largest absolute Gasteiger partial charge is 0.377 e. The first-order valence-corrected chi connectivity index (χ1v) is 7.41. The fourth-order valence-electron chi connectivity index (χ4n) is 2.63. The second kappa shape index (κ2) is 6.37. The lowest BCUT2D eigenvalue weighted by Crippen LogP contribution is -2.47. The molecule has 1 heterocycles. The van der Waals surface area contributed by atoms with Gasteiger partial charge in [-0.05, 0) is 24.8 Å². The number of rotatable bonds is 7. The Hall–Kier alpha value is -1.72. The molecule has 0 radical (unpaired) electrons. The van der Waals surface area contributed by atoms with Gasteiger partial charge in [0.1, 0.15) is 0 Å². The van der Waals surface area contributed by atoms with Gasteiger partial charge in [0.2, 0.25) is 5.89 Å². The fraction of sp³-hybridized carbons (Fsp3) is 0.500. The van der Waals surface area contributed by atoms with E-state index in [9.17, 15) is 0 Å². The van der Waals surface area contributed by atoms with Gasteiger partial charge in [0, 0.05) is 20.1 Å². The van der Waals surface area contributed by atoms with Crippen LogP contribution in [0.15, 0.2) is 34.9 Å². The minimum atomic E-state index is 0.0207. The minimum absolute atomic E-state index is 0.0207. The summed E-state index contributed by atoms with van der Waals surface area (Å²) in [5.41, 5.74) is 1.21. The van der Waals surface area contributed by atoms with Crippen molar-refractivity contribution < 1.29 is 9.26 Å². The average Bonchev–Trinajstić information content (AvgIpc) is 2.90. The van der Waals surface area contributed by atoms with Crippen LogP contribution in [-0.2, 0) is 17.7 Å². The number of nitrogens with zero attached hydrogens (tertiary/aromatic N) is 2. The summed E-state index contributed by atoms with van der Waals surface area (Å²) in [7, 11) is 1.78. The van der Waals surface area contributed by atoms with E-state index in [0.717, 1.165) is 25.2 Å². The molecular weight excluding hydrogens is 266 g/mol. The average molecular weight is 287 g/mol. The first-order valence-electron chi connectivity index (χ1n) is 7.41. The van der Waals surface area contributed by atoms with E-state index in [-0.39, 0.29) is 5.60 Å². The summed E-state index contributed by atoms with van der Waals surface area (Å²) in [5.74, 6) is 1.36. The van der Waals surface area contributed by atoms with Crippen molar-refractivity contribution in [1.82, 2.24) is 15.5 Å². The van der Waals surface area contributed by atoms with Gasteiger partial charge in [-0.1, -0.05) is 35.5 Å². The first-order chi connectivity index (χ1) is 10.3. The van der Waals surface area contributed by atoms with E-state index < -0.39 is 0 Å². The van der Waals surface area contributed by atoms with Gasteiger partial charge in [-0.3, -0.25) is 0 Å². The van der Waals surface area contributed by atoms with E-state index in [1.165, 1.54) is 12.0 Å². The second-order valence-electron chi connectivity index (χ2n) is 5.61. The SMILES string of the molecule is COC1(CNCc2nc(Cc3ccccc3)no2)CCC1. The van der Waals surface area contributed by atoms with Crippen molar-refractivity contribution >= 4 is 0 Å². The molecule has 3 rings (SSSR count). The zero-order valence-electron chi connectivity index (χ0n) is 12.3. The Morgan fingerprint density at radius 1 is 1.29 bits per heavy atom. The highest BCUT2D eigenvalue weighted by Crippen LogP contribution is 2.34. The molecule has 0 bridgehead atoms. The summed E-state index contributed by atoms with van der Waals surface area (Å²) >= 11 is 0. The van der Waals surface area contributed by atoms with Gasteiger partial charge in [-0.2, -0.15) is 4.98 Å². The lowest BCUT2D eigenvalue weighted by Gasteiger charge is -2.40. The van der Waals surface area contributed by atoms with Crippen LogP contribution in [0.25, 0.3) is 0 Å². The number of hydrogen-bond donors (Lipinski definition) is 1. The zero-order chi connectivity index (χ0) is 14.5. The van der Waals surface area contributed by atoms with Gasteiger partial charge in [0.15, 0.2) is 5.82 Å². The van der Waals surface area contributed by atoms with E-state index in [1.54, 1.807) is 7.11 Å². The maximum Gasteiger partial charge on any atom is 0.240 e. The zero-order valence-corrected chi connectivity index (χ0v) is 12.3. The van der Waals surface area contributed by atoms with Crippen LogP contribution < -0.4 is 5.32 Å². The Morgan fingerprint density at radius 3 is 2.76 bits per heavy atom. The van der Waals surface area contributed by atoms with Crippen molar-refractivity contribution in [2.45, 2.75) is 37.8 Å². The Labute approximate surface area is 124 Å². The van der Waals surface area contributed by atoms with Gasteiger partial charge < -0.3 is 14.6 Å². The van der Waals surface area contributed by atoms with Crippen LogP contribution >= 0.6 is 0 Å². The predicted molar refractivity (Wildman–Crippen MR) is 78.8 cm³/mol. The molecule has 1 fully saturated rings. The fourth-order valence-corrected chi connectivity index (χ4v) is 2.63. The standard InChI is InChI=1S/C16H21N3O2/c1-20-16(8-5-9-16)12-17-11-15-18-14(19-21-15)10-13-6-3-2-4-7-13/h2-4,6-7,17H,5,8-12H2,1H3. The molecule has 0 spiro atoms. The topological polar surface area (TPSA) is 60.2 Å². The molecule has 1 aromatic carbocycles. The number of ether oxygens (including phenoxy) is 1. The van der Waals surface area contributed by atoms with E-state index in [0.29, 0.717) is 18.9 Å². The molecule has 1 saturated carbocycles. The Kier molecular flexibility index (Phi) is 4.31. The summed E-state index contributed by atoms with van der Waals surface area (Å²) in [6, 6.07) is 10.2. The molecule has 0 saturated heterocycles. The lowest BCUT2D eigenvalue weighted by molar-refractivity contribution is -0.0698. The van der Waals surface area contributed by atoms with Crippen molar-refractivity contribution in [3.05, 3.63) is 47.6 Å². The predicted octanol–water partition coefficient (Wildman–Crippen LogP) is 2.32. The Bertz CT molecular complexity index is 558. The van der Waals surface area contributed by atoms with Gasteiger partial charge in [0.05, 0.1) is 12.1 Å². The van der Waals surface area contributed by atoms with E-state index >= 15 is 0 Å². The highest BCUT2D eigenvalue weighted by atomic mass is 16.5. The maximum atomic E-state index is 5.57. The molecule has 2 aromatic rings. The molecule has 5 nitrogen and oxygen atoms in total. The van der Waals surface area contributed by atoms with E-state index in [4.69, 9.17) is 9.26 Å².